The molecular weight excluding hydrogens is 448 g/mol. The van der Waals surface area contributed by atoms with Crippen LogP contribution in [0.1, 0.15) is 46.7 Å². The number of amides is 2. The Labute approximate surface area is 201 Å². The lowest BCUT2D eigenvalue weighted by molar-refractivity contribution is -0.116. The molecule has 2 aliphatic rings. The molecule has 0 aliphatic heterocycles. The Bertz CT molecular complexity index is 1290. The van der Waals surface area contributed by atoms with Crippen molar-refractivity contribution in [2.75, 3.05) is 11.9 Å². The van der Waals surface area contributed by atoms with Gasteiger partial charge in [0.2, 0.25) is 5.91 Å². The number of alkyl carbamates (subject to hydrolysis) is 1. The third-order valence-corrected chi connectivity index (χ3v) is 6.58. The normalized spacial score (nSPS) is 15.0. The van der Waals surface area contributed by atoms with E-state index in [1.165, 1.54) is 18.2 Å². The van der Waals surface area contributed by atoms with Crippen LogP contribution in [-0.2, 0) is 9.53 Å². The number of hydrogen-bond donors (Lipinski definition) is 4. The summed E-state index contributed by atoms with van der Waals surface area (Å²) in [6.07, 6.45) is 0.624. The van der Waals surface area contributed by atoms with Crippen molar-refractivity contribution in [2.45, 2.75) is 30.7 Å². The summed E-state index contributed by atoms with van der Waals surface area (Å²) in [5.41, 5.74) is 3.75. The van der Waals surface area contributed by atoms with Crippen molar-refractivity contribution in [3.63, 3.8) is 0 Å². The molecule has 0 spiro atoms. The molecular formula is C27H24N2O6. The first kappa shape index (κ1) is 22.5. The molecule has 35 heavy (non-hydrogen) atoms. The highest BCUT2D eigenvalue weighted by Gasteiger charge is 2.46. The lowest BCUT2D eigenvalue weighted by atomic mass is 9.98. The van der Waals surface area contributed by atoms with Crippen molar-refractivity contribution in [1.29, 1.82) is 0 Å². The van der Waals surface area contributed by atoms with Gasteiger partial charge in [0.15, 0.2) is 0 Å². The number of carboxylic acids is 1. The summed E-state index contributed by atoms with van der Waals surface area (Å²) in [7, 11) is 0. The van der Waals surface area contributed by atoms with Gasteiger partial charge in [-0.25, -0.2) is 9.59 Å². The average Bonchev–Trinajstić information content (AvgIpc) is 3.50. The van der Waals surface area contributed by atoms with Crippen LogP contribution in [0.15, 0.2) is 66.7 Å². The van der Waals surface area contributed by atoms with Crippen LogP contribution in [0.5, 0.6) is 5.75 Å². The van der Waals surface area contributed by atoms with E-state index in [0.29, 0.717) is 12.8 Å². The summed E-state index contributed by atoms with van der Waals surface area (Å²) in [5.74, 6) is -1.91. The van der Waals surface area contributed by atoms with Crippen LogP contribution < -0.4 is 10.6 Å². The standard InChI is InChI=1S/C27H24N2O6/c30-23-10-9-16(25(32)33)13-22(23)28-24(31)14-27(11-12-27)29-26(34)35-15-21-19-7-3-1-5-17(19)18-6-2-4-8-20(18)21/h1-10,13,21,30H,11-12,14-15H2,(H,28,31)(H,29,34)(H,32,33). The second-order valence-electron chi connectivity index (χ2n) is 8.99. The Kier molecular flexibility index (Phi) is 5.64. The summed E-state index contributed by atoms with van der Waals surface area (Å²) in [4.78, 5) is 36.3. The first-order valence-corrected chi connectivity index (χ1v) is 11.3. The van der Waals surface area contributed by atoms with Crippen LogP contribution >= 0.6 is 0 Å². The third-order valence-electron chi connectivity index (χ3n) is 6.58. The molecule has 1 fully saturated rings. The van der Waals surface area contributed by atoms with E-state index in [0.717, 1.165) is 22.3 Å². The summed E-state index contributed by atoms with van der Waals surface area (Å²) >= 11 is 0. The first-order chi connectivity index (χ1) is 16.8. The SMILES string of the molecule is O=C(CC1(NC(=O)OCC2c3ccccc3-c3ccccc32)CC1)Nc1cc(C(=O)O)ccc1O. The molecule has 0 heterocycles. The van der Waals surface area contributed by atoms with Gasteiger partial charge in [-0.1, -0.05) is 48.5 Å². The fourth-order valence-electron chi connectivity index (χ4n) is 4.62. The van der Waals surface area contributed by atoms with Gasteiger partial charge in [-0.15, -0.1) is 0 Å². The van der Waals surface area contributed by atoms with Crippen LogP contribution in [0.25, 0.3) is 11.1 Å². The van der Waals surface area contributed by atoms with Crippen molar-refractivity contribution in [1.82, 2.24) is 5.32 Å². The number of fused-ring (bicyclic) bond motifs is 3. The van der Waals surface area contributed by atoms with Crippen LogP contribution in [0.3, 0.4) is 0 Å². The minimum atomic E-state index is -1.17. The number of nitrogens with one attached hydrogen (secondary N) is 2. The van der Waals surface area contributed by atoms with Gasteiger partial charge in [-0.05, 0) is 53.3 Å². The Morgan fingerprint density at radius 1 is 0.943 bits per heavy atom. The van der Waals surface area contributed by atoms with Gasteiger partial charge >= 0.3 is 12.1 Å². The molecule has 0 bridgehead atoms. The Balaban J connectivity index is 1.19. The van der Waals surface area contributed by atoms with E-state index in [2.05, 4.69) is 22.8 Å². The van der Waals surface area contributed by atoms with Crippen LogP contribution in [0.4, 0.5) is 10.5 Å². The molecule has 3 aromatic rings. The van der Waals surface area contributed by atoms with E-state index in [-0.39, 0.29) is 35.9 Å². The van der Waals surface area contributed by atoms with Gasteiger partial charge in [-0.3, -0.25) is 4.79 Å². The zero-order valence-corrected chi connectivity index (χ0v) is 18.8. The number of benzene rings is 3. The molecule has 1 saturated carbocycles. The zero-order valence-electron chi connectivity index (χ0n) is 18.8. The summed E-state index contributed by atoms with van der Waals surface area (Å²) < 4.78 is 5.59. The number of aromatic carboxylic acids is 1. The molecule has 2 amide bonds. The molecule has 5 rings (SSSR count). The molecule has 0 saturated heterocycles. The number of carbonyl (C=O) groups excluding carboxylic acids is 2. The summed E-state index contributed by atoms with van der Waals surface area (Å²) in [5, 5.41) is 24.4. The fraction of sp³-hybridized carbons (Fsp3) is 0.222. The summed E-state index contributed by atoms with van der Waals surface area (Å²) in [6, 6.07) is 19.8. The second kappa shape index (κ2) is 8.79. The van der Waals surface area contributed by atoms with Crippen molar-refractivity contribution in [2.24, 2.45) is 0 Å². The van der Waals surface area contributed by atoms with Gasteiger partial charge in [0.25, 0.3) is 0 Å². The quantitative estimate of drug-likeness (QED) is 0.376. The van der Waals surface area contributed by atoms with E-state index in [9.17, 15) is 19.5 Å². The Hall–Kier alpha value is -4.33. The van der Waals surface area contributed by atoms with Crippen LogP contribution in [0, 0.1) is 0 Å². The monoisotopic (exact) mass is 472 g/mol. The Morgan fingerprint density at radius 3 is 2.17 bits per heavy atom. The summed E-state index contributed by atoms with van der Waals surface area (Å²) in [6.45, 7) is 0.179. The van der Waals surface area contributed by atoms with Crippen molar-refractivity contribution in [3.8, 4) is 16.9 Å². The number of phenols is 1. The predicted octanol–water partition coefficient (Wildman–Crippen LogP) is 4.49. The van der Waals surface area contributed by atoms with E-state index in [4.69, 9.17) is 9.84 Å². The van der Waals surface area contributed by atoms with E-state index in [1.54, 1.807) is 0 Å². The molecule has 3 aromatic carbocycles. The maximum Gasteiger partial charge on any atom is 0.407 e. The number of phenolic OH excluding ortho intramolecular Hbond substituents is 1. The minimum absolute atomic E-state index is 0.00633. The molecule has 0 unspecified atom stereocenters. The molecule has 8 nitrogen and oxygen atoms in total. The number of carbonyl (C=O) groups is 3. The van der Waals surface area contributed by atoms with Crippen LogP contribution in [-0.4, -0.2) is 40.3 Å². The zero-order chi connectivity index (χ0) is 24.6. The lowest BCUT2D eigenvalue weighted by Gasteiger charge is -2.19. The molecule has 2 aliphatic carbocycles. The van der Waals surface area contributed by atoms with E-state index in [1.807, 2.05) is 36.4 Å². The highest BCUT2D eigenvalue weighted by molar-refractivity contribution is 5.96. The smallest absolute Gasteiger partial charge is 0.407 e. The highest BCUT2D eigenvalue weighted by Crippen LogP contribution is 2.45. The molecule has 4 N–H and O–H groups in total. The number of anilines is 1. The van der Waals surface area contributed by atoms with Gasteiger partial charge in [-0.2, -0.15) is 0 Å². The topological polar surface area (TPSA) is 125 Å². The fourth-order valence-corrected chi connectivity index (χ4v) is 4.62. The van der Waals surface area contributed by atoms with E-state index < -0.39 is 23.5 Å². The maximum atomic E-state index is 12.6. The van der Waals surface area contributed by atoms with E-state index >= 15 is 0 Å². The van der Waals surface area contributed by atoms with Gasteiger partial charge in [0.1, 0.15) is 12.4 Å². The first-order valence-electron chi connectivity index (χ1n) is 11.3. The highest BCUT2D eigenvalue weighted by atomic mass is 16.5. The average molecular weight is 472 g/mol. The molecule has 0 radical (unpaired) electrons. The number of carboxylic acid groups (broad SMARTS) is 1. The number of ether oxygens (including phenoxy) is 1. The molecule has 0 atom stereocenters. The third kappa shape index (κ3) is 4.55. The van der Waals surface area contributed by atoms with Crippen LogP contribution in [0.2, 0.25) is 0 Å². The van der Waals surface area contributed by atoms with Gasteiger partial charge in [0, 0.05) is 5.92 Å². The number of rotatable bonds is 7. The van der Waals surface area contributed by atoms with Gasteiger partial charge in [0.05, 0.1) is 23.2 Å². The number of hydrogen-bond acceptors (Lipinski definition) is 5. The largest absolute Gasteiger partial charge is 0.506 e. The molecule has 0 aromatic heterocycles. The van der Waals surface area contributed by atoms with Crippen molar-refractivity contribution < 1.29 is 29.3 Å². The minimum Gasteiger partial charge on any atom is -0.506 e. The second-order valence-corrected chi connectivity index (χ2v) is 8.99. The molecule has 178 valence electrons. The molecule has 8 heteroatoms. The Morgan fingerprint density at radius 2 is 1.57 bits per heavy atom. The predicted molar refractivity (Wildman–Crippen MR) is 128 cm³/mol. The number of aromatic hydroxyl groups is 1. The maximum absolute atomic E-state index is 12.6. The van der Waals surface area contributed by atoms with Gasteiger partial charge < -0.3 is 25.6 Å². The van der Waals surface area contributed by atoms with Crippen molar-refractivity contribution >= 4 is 23.7 Å². The lowest BCUT2D eigenvalue weighted by Crippen LogP contribution is -2.40. The van der Waals surface area contributed by atoms with Crippen molar-refractivity contribution in [3.05, 3.63) is 83.4 Å².